The minimum absolute atomic E-state index is 0.453. The van der Waals surface area contributed by atoms with Gasteiger partial charge in [0.15, 0.2) is 0 Å². The summed E-state index contributed by atoms with van der Waals surface area (Å²) in [5, 5.41) is 0. The Morgan fingerprint density at radius 1 is 1.17 bits per heavy atom. The van der Waals surface area contributed by atoms with Crippen LogP contribution in [0.25, 0.3) is 0 Å². The molecule has 3 atom stereocenters. The molecule has 2 rings (SSSR count). The molecular formula is C10H15IO. The van der Waals surface area contributed by atoms with Gasteiger partial charge >= 0.3 is 0 Å². The lowest BCUT2D eigenvalue weighted by molar-refractivity contribution is -0.127. The van der Waals surface area contributed by atoms with E-state index in [0.717, 1.165) is 22.7 Å². The third kappa shape index (κ3) is 1.54. The Morgan fingerprint density at radius 3 is 2.75 bits per heavy atom. The van der Waals surface area contributed by atoms with E-state index >= 15 is 0 Å². The molecule has 0 amide bonds. The number of halogens is 1. The number of carbonyl (C=O) groups is 1. The molecule has 0 aromatic rings. The third-order valence-corrected chi connectivity index (χ3v) is 4.90. The molecule has 1 unspecified atom stereocenters. The summed E-state index contributed by atoms with van der Waals surface area (Å²) in [4.78, 5) is 11.6. The van der Waals surface area contributed by atoms with E-state index in [2.05, 4.69) is 22.6 Å². The van der Waals surface area contributed by atoms with E-state index in [1.165, 1.54) is 25.7 Å². The second-order valence-electron chi connectivity index (χ2n) is 4.08. The van der Waals surface area contributed by atoms with Crippen molar-refractivity contribution in [3.63, 3.8) is 0 Å². The number of ketones is 1. The summed E-state index contributed by atoms with van der Waals surface area (Å²) in [5.74, 6) is 1.75. The number of alkyl halides is 1. The predicted octanol–water partition coefficient (Wildman–Crippen LogP) is 2.96. The van der Waals surface area contributed by atoms with Crippen molar-refractivity contribution in [2.24, 2.45) is 11.8 Å². The summed E-state index contributed by atoms with van der Waals surface area (Å²) < 4.78 is 0.783. The number of carbonyl (C=O) groups excluding carboxylic acids is 1. The normalized spacial score (nSPS) is 42.4. The number of fused-ring (bicyclic) bond motifs is 1. The first-order chi connectivity index (χ1) is 5.79. The van der Waals surface area contributed by atoms with Crippen molar-refractivity contribution < 1.29 is 4.79 Å². The van der Waals surface area contributed by atoms with Crippen molar-refractivity contribution in [3.05, 3.63) is 0 Å². The molecule has 0 radical (unpaired) electrons. The van der Waals surface area contributed by atoms with Gasteiger partial charge in [0, 0.05) is 16.3 Å². The Bertz CT molecular complexity index is 190. The van der Waals surface area contributed by atoms with Gasteiger partial charge < -0.3 is 0 Å². The zero-order valence-corrected chi connectivity index (χ0v) is 9.42. The van der Waals surface area contributed by atoms with Crippen LogP contribution in [0.15, 0.2) is 0 Å². The van der Waals surface area contributed by atoms with Crippen LogP contribution in [-0.4, -0.2) is 9.71 Å². The van der Waals surface area contributed by atoms with Crippen LogP contribution in [0, 0.1) is 11.8 Å². The van der Waals surface area contributed by atoms with Crippen molar-refractivity contribution in [3.8, 4) is 0 Å². The average Bonchev–Trinajstić information content (AvgIpc) is 2.07. The smallest absolute Gasteiger partial charge is 0.136 e. The lowest BCUT2D eigenvalue weighted by Crippen LogP contribution is -2.36. The fraction of sp³-hybridized carbons (Fsp3) is 0.900. The van der Waals surface area contributed by atoms with Gasteiger partial charge in [-0.1, -0.05) is 29.0 Å². The van der Waals surface area contributed by atoms with E-state index in [1.54, 1.807) is 0 Å². The first kappa shape index (κ1) is 8.97. The van der Waals surface area contributed by atoms with Gasteiger partial charge in [-0.25, -0.2) is 0 Å². The summed E-state index contributed by atoms with van der Waals surface area (Å²) in [6, 6.07) is 0. The molecule has 0 bridgehead atoms. The summed E-state index contributed by atoms with van der Waals surface area (Å²) in [6.45, 7) is 0. The number of rotatable bonds is 0. The average molecular weight is 278 g/mol. The maximum atomic E-state index is 11.6. The second-order valence-corrected chi connectivity index (χ2v) is 5.68. The predicted molar refractivity (Wildman–Crippen MR) is 57.5 cm³/mol. The highest BCUT2D eigenvalue weighted by atomic mass is 127. The van der Waals surface area contributed by atoms with Crippen LogP contribution in [0.1, 0.15) is 38.5 Å². The lowest BCUT2D eigenvalue weighted by atomic mass is 9.70. The first-order valence-electron chi connectivity index (χ1n) is 4.96. The molecule has 0 N–H and O–H groups in total. The largest absolute Gasteiger partial charge is 0.299 e. The van der Waals surface area contributed by atoms with Gasteiger partial charge in [-0.2, -0.15) is 0 Å². The SMILES string of the molecule is O=C1CCC[C@@H]2C(I)CCC[C@@H]12. The molecule has 0 aromatic heterocycles. The number of Topliss-reactive ketones (excluding diaryl/α,β-unsaturated/α-hetero) is 1. The van der Waals surface area contributed by atoms with Gasteiger partial charge in [0.05, 0.1) is 0 Å². The van der Waals surface area contributed by atoms with Crippen LogP contribution >= 0.6 is 22.6 Å². The van der Waals surface area contributed by atoms with Crippen LogP contribution in [0.5, 0.6) is 0 Å². The maximum absolute atomic E-state index is 11.6. The molecule has 0 heterocycles. The van der Waals surface area contributed by atoms with E-state index in [4.69, 9.17) is 0 Å². The van der Waals surface area contributed by atoms with E-state index in [1.807, 2.05) is 0 Å². The zero-order chi connectivity index (χ0) is 8.55. The zero-order valence-electron chi connectivity index (χ0n) is 7.26. The first-order valence-corrected chi connectivity index (χ1v) is 6.20. The monoisotopic (exact) mass is 278 g/mol. The highest BCUT2D eigenvalue weighted by molar-refractivity contribution is 14.1. The van der Waals surface area contributed by atoms with Gasteiger partial charge in [-0.05, 0) is 31.6 Å². The molecule has 2 aliphatic rings. The summed E-state index contributed by atoms with van der Waals surface area (Å²) >= 11 is 2.55. The van der Waals surface area contributed by atoms with Crippen LogP contribution in [-0.2, 0) is 4.79 Å². The quantitative estimate of drug-likeness (QED) is 0.492. The third-order valence-electron chi connectivity index (χ3n) is 3.35. The minimum Gasteiger partial charge on any atom is -0.299 e. The molecular weight excluding hydrogens is 263 g/mol. The van der Waals surface area contributed by atoms with Crippen molar-refractivity contribution in [2.75, 3.05) is 0 Å². The fourth-order valence-corrected chi connectivity index (χ4v) is 3.99. The second kappa shape index (κ2) is 3.64. The highest BCUT2D eigenvalue weighted by Crippen LogP contribution is 2.41. The number of hydrogen-bond acceptors (Lipinski definition) is 1. The molecule has 2 aliphatic carbocycles. The van der Waals surface area contributed by atoms with E-state index in [-0.39, 0.29) is 0 Å². The molecule has 2 saturated carbocycles. The van der Waals surface area contributed by atoms with Crippen molar-refractivity contribution >= 4 is 28.4 Å². The Balaban J connectivity index is 2.10. The minimum atomic E-state index is 0.453. The molecule has 12 heavy (non-hydrogen) atoms. The molecule has 0 aromatic carbocycles. The van der Waals surface area contributed by atoms with Gasteiger partial charge in [-0.15, -0.1) is 0 Å². The van der Waals surface area contributed by atoms with Gasteiger partial charge in [0.2, 0.25) is 0 Å². The van der Waals surface area contributed by atoms with Crippen molar-refractivity contribution in [2.45, 2.75) is 42.4 Å². The van der Waals surface area contributed by atoms with Crippen molar-refractivity contribution in [1.82, 2.24) is 0 Å². The Morgan fingerprint density at radius 2 is 2.00 bits per heavy atom. The molecule has 68 valence electrons. The fourth-order valence-electron chi connectivity index (χ4n) is 2.69. The Kier molecular flexibility index (Phi) is 2.72. The molecule has 0 spiro atoms. The van der Waals surface area contributed by atoms with Gasteiger partial charge in [0.25, 0.3) is 0 Å². The maximum Gasteiger partial charge on any atom is 0.136 e. The molecule has 2 heteroatoms. The highest BCUT2D eigenvalue weighted by Gasteiger charge is 2.37. The van der Waals surface area contributed by atoms with E-state index in [0.29, 0.717) is 11.7 Å². The Hall–Kier alpha value is 0.400. The summed E-state index contributed by atoms with van der Waals surface area (Å²) in [7, 11) is 0. The Labute approximate surface area is 87.4 Å². The van der Waals surface area contributed by atoms with Crippen molar-refractivity contribution in [1.29, 1.82) is 0 Å². The summed E-state index contributed by atoms with van der Waals surface area (Å²) in [5.41, 5.74) is 0. The lowest BCUT2D eigenvalue weighted by Gasteiger charge is -2.37. The van der Waals surface area contributed by atoms with Gasteiger partial charge in [-0.3, -0.25) is 4.79 Å². The topological polar surface area (TPSA) is 17.1 Å². The van der Waals surface area contributed by atoms with E-state index < -0.39 is 0 Å². The molecule has 0 saturated heterocycles. The molecule has 2 fully saturated rings. The standard InChI is InChI=1S/C10H15IO/c11-9-5-1-4-8-7(9)3-2-6-10(8)12/h7-9H,1-6H2/t7-,8+,9?/m0/s1. The number of hydrogen-bond donors (Lipinski definition) is 0. The van der Waals surface area contributed by atoms with E-state index in [9.17, 15) is 4.79 Å². The van der Waals surface area contributed by atoms with Crippen LogP contribution in [0.4, 0.5) is 0 Å². The van der Waals surface area contributed by atoms with Crippen LogP contribution in [0.2, 0.25) is 0 Å². The molecule has 0 aliphatic heterocycles. The van der Waals surface area contributed by atoms with Gasteiger partial charge in [0.1, 0.15) is 5.78 Å². The molecule has 1 nitrogen and oxygen atoms in total. The van der Waals surface area contributed by atoms with Crippen LogP contribution < -0.4 is 0 Å². The summed E-state index contributed by atoms with van der Waals surface area (Å²) in [6.07, 6.45) is 7.13. The van der Waals surface area contributed by atoms with Crippen LogP contribution in [0.3, 0.4) is 0 Å².